The molecule has 0 spiro atoms. The summed E-state index contributed by atoms with van der Waals surface area (Å²) in [6.45, 7) is 5.51. The standard InChI is InChI=1S/C13H18N2O2/c1-9-5-6-15(10(2)7-9)11-3-4-12(13(16)17)14-8-11/h3-4,8-10H,5-7H2,1-2H3,(H,16,17). The van der Waals surface area contributed by atoms with E-state index in [1.807, 2.05) is 6.07 Å². The molecule has 2 unspecified atom stereocenters. The van der Waals surface area contributed by atoms with Gasteiger partial charge in [-0.05, 0) is 37.8 Å². The van der Waals surface area contributed by atoms with Crippen LogP contribution in [0.5, 0.6) is 0 Å². The fourth-order valence-corrected chi connectivity index (χ4v) is 2.47. The van der Waals surface area contributed by atoms with Crippen molar-refractivity contribution in [3.63, 3.8) is 0 Å². The molecule has 17 heavy (non-hydrogen) atoms. The van der Waals surface area contributed by atoms with Crippen LogP contribution >= 0.6 is 0 Å². The maximum absolute atomic E-state index is 10.7. The third kappa shape index (κ3) is 2.57. The lowest BCUT2D eigenvalue weighted by Crippen LogP contribution is -2.40. The van der Waals surface area contributed by atoms with Gasteiger partial charge >= 0.3 is 5.97 Å². The monoisotopic (exact) mass is 234 g/mol. The molecule has 1 aromatic heterocycles. The van der Waals surface area contributed by atoms with E-state index >= 15 is 0 Å². The van der Waals surface area contributed by atoms with Crippen LogP contribution in [0.4, 0.5) is 5.69 Å². The minimum atomic E-state index is -0.975. The number of carboxylic acids is 1. The van der Waals surface area contributed by atoms with Crippen LogP contribution in [0, 0.1) is 5.92 Å². The van der Waals surface area contributed by atoms with Crippen molar-refractivity contribution >= 4 is 11.7 Å². The predicted molar refractivity (Wildman–Crippen MR) is 66.4 cm³/mol. The predicted octanol–water partition coefficient (Wildman–Crippen LogP) is 2.40. The van der Waals surface area contributed by atoms with Crippen molar-refractivity contribution in [3.8, 4) is 0 Å². The minimum Gasteiger partial charge on any atom is -0.477 e. The van der Waals surface area contributed by atoms with Gasteiger partial charge < -0.3 is 10.0 Å². The van der Waals surface area contributed by atoms with Gasteiger partial charge in [-0.15, -0.1) is 0 Å². The highest BCUT2D eigenvalue weighted by Crippen LogP contribution is 2.27. The Bertz CT molecular complexity index is 402. The number of hydrogen-bond donors (Lipinski definition) is 1. The average Bonchev–Trinajstić information content (AvgIpc) is 2.29. The summed E-state index contributed by atoms with van der Waals surface area (Å²) in [5, 5.41) is 8.80. The molecule has 1 aliphatic heterocycles. The highest BCUT2D eigenvalue weighted by Gasteiger charge is 2.23. The van der Waals surface area contributed by atoms with E-state index in [0.29, 0.717) is 6.04 Å². The fourth-order valence-electron chi connectivity index (χ4n) is 2.47. The highest BCUT2D eigenvalue weighted by molar-refractivity contribution is 5.85. The zero-order valence-electron chi connectivity index (χ0n) is 10.3. The first kappa shape index (κ1) is 11.9. The number of carboxylic acid groups (broad SMARTS) is 1. The number of aromatic carboxylic acids is 1. The Morgan fingerprint density at radius 1 is 1.47 bits per heavy atom. The maximum Gasteiger partial charge on any atom is 0.354 e. The average molecular weight is 234 g/mol. The number of nitrogens with zero attached hydrogens (tertiary/aromatic N) is 2. The Balaban J connectivity index is 2.14. The van der Waals surface area contributed by atoms with Crippen molar-refractivity contribution in [2.45, 2.75) is 32.7 Å². The molecule has 2 heterocycles. The van der Waals surface area contributed by atoms with Crippen molar-refractivity contribution in [2.75, 3.05) is 11.4 Å². The molecule has 4 nitrogen and oxygen atoms in total. The molecule has 4 heteroatoms. The van der Waals surface area contributed by atoms with E-state index in [1.54, 1.807) is 12.3 Å². The molecule has 1 fully saturated rings. The van der Waals surface area contributed by atoms with Crippen LogP contribution in [0.3, 0.4) is 0 Å². The van der Waals surface area contributed by atoms with Gasteiger partial charge in [0.2, 0.25) is 0 Å². The first-order valence-corrected chi connectivity index (χ1v) is 6.04. The van der Waals surface area contributed by atoms with Crippen LogP contribution in [0.15, 0.2) is 18.3 Å². The number of rotatable bonds is 2. The summed E-state index contributed by atoms with van der Waals surface area (Å²) in [4.78, 5) is 17.0. The van der Waals surface area contributed by atoms with Crippen molar-refractivity contribution in [2.24, 2.45) is 5.92 Å². The van der Waals surface area contributed by atoms with Crippen molar-refractivity contribution in [3.05, 3.63) is 24.0 Å². The number of anilines is 1. The normalized spacial score (nSPS) is 24.7. The molecule has 0 aromatic carbocycles. The molecule has 92 valence electrons. The summed E-state index contributed by atoms with van der Waals surface area (Å²) in [5.41, 5.74) is 1.13. The Morgan fingerprint density at radius 2 is 2.24 bits per heavy atom. The van der Waals surface area contributed by atoms with Gasteiger partial charge in [-0.1, -0.05) is 6.92 Å². The van der Waals surface area contributed by atoms with E-state index in [4.69, 9.17) is 5.11 Å². The van der Waals surface area contributed by atoms with Gasteiger partial charge in [-0.3, -0.25) is 0 Å². The summed E-state index contributed by atoms with van der Waals surface area (Å²) in [6.07, 6.45) is 4.03. The van der Waals surface area contributed by atoms with Crippen LogP contribution in [0.25, 0.3) is 0 Å². The summed E-state index contributed by atoms with van der Waals surface area (Å²) < 4.78 is 0. The van der Waals surface area contributed by atoms with Crippen LogP contribution in [-0.4, -0.2) is 28.6 Å². The zero-order valence-corrected chi connectivity index (χ0v) is 10.3. The smallest absolute Gasteiger partial charge is 0.354 e. The number of carbonyl (C=O) groups is 1. The SMILES string of the molecule is CC1CCN(c2ccc(C(=O)O)nc2)C(C)C1. The molecule has 0 saturated carbocycles. The minimum absolute atomic E-state index is 0.104. The Hall–Kier alpha value is -1.58. The molecule has 2 atom stereocenters. The quantitative estimate of drug-likeness (QED) is 0.853. The number of aromatic nitrogens is 1. The number of hydrogen-bond acceptors (Lipinski definition) is 3. The molecule has 2 rings (SSSR count). The van der Waals surface area contributed by atoms with Gasteiger partial charge in [0.05, 0.1) is 11.9 Å². The van der Waals surface area contributed by atoms with E-state index < -0.39 is 5.97 Å². The van der Waals surface area contributed by atoms with Gasteiger partial charge in [0.25, 0.3) is 0 Å². The van der Waals surface area contributed by atoms with E-state index in [1.165, 1.54) is 12.8 Å². The second-order valence-corrected chi connectivity index (χ2v) is 4.88. The van der Waals surface area contributed by atoms with E-state index in [2.05, 4.69) is 23.7 Å². The molecule has 0 aliphatic carbocycles. The summed E-state index contributed by atoms with van der Waals surface area (Å²) in [6, 6.07) is 3.92. The number of pyridine rings is 1. The lowest BCUT2D eigenvalue weighted by molar-refractivity contribution is 0.0690. The van der Waals surface area contributed by atoms with Crippen LogP contribution in [0.2, 0.25) is 0 Å². The van der Waals surface area contributed by atoms with Gasteiger partial charge in [0, 0.05) is 12.6 Å². The summed E-state index contributed by atoms with van der Waals surface area (Å²) in [7, 11) is 0. The maximum atomic E-state index is 10.7. The molecule has 1 saturated heterocycles. The van der Waals surface area contributed by atoms with Crippen molar-refractivity contribution in [1.29, 1.82) is 0 Å². The van der Waals surface area contributed by atoms with Crippen molar-refractivity contribution in [1.82, 2.24) is 4.98 Å². The Labute approximate surface area is 101 Å². The molecular formula is C13H18N2O2. The second-order valence-electron chi connectivity index (χ2n) is 4.88. The Kier molecular flexibility index (Phi) is 3.31. The van der Waals surface area contributed by atoms with Crippen LogP contribution in [-0.2, 0) is 0 Å². The molecule has 0 radical (unpaired) electrons. The molecule has 1 N–H and O–H groups in total. The molecule has 0 amide bonds. The first-order valence-electron chi connectivity index (χ1n) is 6.04. The second kappa shape index (κ2) is 4.73. The highest BCUT2D eigenvalue weighted by atomic mass is 16.4. The van der Waals surface area contributed by atoms with Gasteiger partial charge in [-0.25, -0.2) is 9.78 Å². The molecule has 1 aliphatic rings. The third-order valence-electron chi connectivity index (χ3n) is 3.44. The topological polar surface area (TPSA) is 53.4 Å². The Morgan fingerprint density at radius 3 is 2.76 bits per heavy atom. The fraction of sp³-hybridized carbons (Fsp3) is 0.538. The van der Waals surface area contributed by atoms with E-state index in [-0.39, 0.29) is 5.69 Å². The van der Waals surface area contributed by atoms with Gasteiger partial charge in [0.15, 0.2) is 0 Å². The lowest BCUT2D eigenvalue weighted by Gasteiger charge is -2.38. The number of piperidine rings is 1. The van der Waals surface area contributed by atoms with Gasteiger partial charge in [0.1, 0.15) is 5.69 Å². The molecular weight excluding hydrogens is 216 g/mol. The van der Waals surface area contributed by atoms with Gasteiger partial charge in [-0.2, -0.15) is 0 Å². The first-order chi connectivity index (χ1) is 8.08. The van der Waals surface area contributed by atoms with Crippen LogP contribution in [0.1, 0.15) is 37.2 Å². The summed E-state index contributed by atoms with van der Waals surface area (Å²) in [5.74, 6) is -0.204. The van der Waals surface area contributed by atoms with E-state index in [9.17, 15) is 4.79 Å². The lowest BCUT2D eigenvalue weighted by atomic mass is 9.93. The van der Waals surface area contributed by atoms with Crippen LogP contribution < -0.4 is 4.90 Å². The molecule has 0 bridgehead atoms. The largest absolute Gasteiger partial charge is 0.477 e. The summed E-state index contributed by atoms with van der Waals surface area (Å²) >= 11 is 0. The van der Waals surface area contributed by atoms with E-state index in [0.717, 1.165) is 18.2 Å². The third-order valence-corrected chi connectivity index (χ3v) is 3.44. The van der Waals surface area contributed by atoms with Crippen molar-refractivity contribution < 1.29 is 9.90 Å². The zero-order chi connectivity index (χ0) is 12.4. The molecule has 1 aromatic rings.